The summed E-state index contributed by atoms with van der Waals surface area (Å²) in [5.41, 5.74) is 0.777. The third kappa shape index (κ3) is 3.27. The average Bonchev–Trinajstić information content (AvgIpc) is 3.06. The van der Waals surface area contributed by atoms with Gasteiger partial charge in [-0.25, -0.2) is 13.4 Å². The van der Waals surface area contributed by atoms with Crippen LogP contribution in [0.1, 0.15) is 12.3 Å². The molecule has 1 fully saturated rings. The zero-order valence-electron chi connectivity index (χ0n) is 12.6. The number of hydrogen-bond acceptors (Lipinski definition) is 7. The summed E-state index contributed by atoms with van der Waals surface area (Å²) in [6.45, 7) is 0. The van der Waals surface area contributed by atoms with E-state index in [4.69, 9.17) is 4.52 Å². The van der Waals surface area contributed by atoms with Crippen LogP contribution >= 0.6 is 0 Å². The first-order valence-electron chi connectivity index (χ1n) is 7.10. The summed E-state index contributed by atoms with van der Waals surface area (Å²) in [4.78, 5) is 10.6. The fraction of sp³-hybridized carbons (Fsp3) is 0.500. The first-order chi connectivity index (χ1) is 10.4. The Morgan fingerprint density at radius 1 is 1.36 bits per heavy atom. The van der Waals surface area contributed by atoms with E-state index in [0.29, 0.717) is 24.6 Å². The highest BCUT2D eigenvalue weighted by Gasteiger charge is 2.29. The highest BCUT2D eigenvalue weighted by molar-refractivity contribution is 7.91. The maximum atomic E-state index is 11.5. The van der Waals surface area contributed by atoms with Crippen LogP contribution in [0.4, 0.5) is 5.82 Å². The second kappa shape index (κ2) is 5.68. The second-order valence-corrected chi connectivity index (χ2v) is 8.01. The van der Waals surface area contributed by atoms with Gasteiger partial charge in [0.25, 0.3) is 0 Å². The van der Waals surface area contributed by atoms with E-state index in [9.17, 15) is 8.42 Å². The van der Waals surface area contributed by atoms with Crippen LogP contribution in [-0.4, -0.2) is 49.1 Å². The molecule has 3 rings (SSSR count). The average molecular weight is 322 g/mol. The number of rotatable bonds is 4. The summed E-state index contributed by atoms with van der Waals surface area (Å²) in [5.74, 6) is 2.36. The van der Waals surface area contributed by atoms with Crippen molar-refractivity contribution in [1.82, 2.24) is 15.1 Å². The Balaban J connectivity index is 1.71. The van der Waals surface area contributed by atoms with Crippen LogP contribution in [0.3, 0.4) is 0 Å². The summed E-state index contributed by atoms with van der Waals surface area (Å²) in [5, 5.41) is 3.95. The highest BCUT2D eigenvalue weighted by atomic mass is 32.2. The molecule has 1 saturated heterocycles. The van der Waals surface area contributed by atoms with Gasteiger partial charge in [0.2, 0.25) is 11.7 Å². The molecule has 0 N–H and O–H groups in total. The molecule has 2 aromatic rings. The quantitative estimate of drug-likeness (QED) is 0.834. The molecule has 0 saturated carbocycles. The Bertz CT molecular complexity index is 753. The van der Waals surface area contributed by atoms with Crippen LogP contribution in [0.2, 0.25) is 0 Å². The van der Waals surface area contributed by atoms with Crippen LogP contribution in [0.15, 0.2) is 22.9 Å². The summed E-state index contributed by atoms with van der Waals surface area (Å²) in [6.07, 6.45) is 2.87. The lowest BCUT2D eigenvalue weighted by Crippen LogP contribution is -2.10. The molecule has 1 atom stereocenters. The van der Waals surface area contributed by atoms with Crippen molar-refractivity contribution in [2.24, 2.45) is 5.92 Å². The molecule has 8 heteroatoms. The zero-order valence-corrected chi connectivity index (χ0v) is 13.4. The predicted octanol–water partition coefficient (Wildman–Crippen LogP) is 1.17. The predicted molar refractivity (Wildman–Crippen MR) is 82.3 cm³/mol. The van der Waals surface area contributed by atoms with E-state index in [1.165, 1.54) is 0 Å². The standard InChI is InChI=1S/C14H18N4O3S/c1-18(2)12-4-3-11(8-15-12)14-16-13(21-17-14)7-10-5-6-22(19,20)9-10/h3-4,8,10H,5-7,9H2,1-2H3/t10-/m1/s1. The lowest BCUT2D eigenvalue weighted by molar-refractivity contribution is 0.359. The summed E-state index contributed by atoms with van der Waals surface area (Å²) >= 11 is 0. The third-order valence-electron chi connectivity index (χ3n) is 3.72. The molecular formula is C14H18N4O3S. The zero-order chi connectivity index (χ0) is 15.7. The maximum Gasteiger partial charge on any atom is 0.227 e. The van der Waals surface area contributed by atoms with E-state index in [0.717, 1.165) is 11.4 Å². The largest absolute Gasteiger partial charge is 0.363 e. The Morgan fingerprint density at radius 3 is 2.77 bits per heavy atom. The number of nitrogens with zero attached hydrogens (tertiary/aromatic N) is 4. The Kier molecular flexibility index (Phi) is 3.86. The summed E-state index contributed by atoms with van der Waals surface area (Å²) in [6, 6.07) is 3.77. The minimum atomic E-state index is -2.88. The lowest BCUT2D eigenvalue weighted by atomic mass is 10.1. The van der Waals surface area contributed by atoms with E-state index in [-0.39, 0.29) is 17.4 Å². The van der Waals surface area contributed by atoms with Crippen LogP contribution in [0, 0.1) is 5.92 Å². The maximum absolute atomic E-state index is 11.5. The monoisotopic (exact) mass is 322 g/mol. The number of aromatic nitrogens is 3. The van der Waals surface area contributed by atoms with Gasteiger partial charge in [-0.05, 0) is 24.5 Å². The van der Waals surface area contributed by atoms with Gasteiger partial charge in [-0.2, -0.15) is 4.98 Å². The number of hydrogen-bond donors (Lipinski definition) is 0. The van der Waals surface area contributed by atoms with E-state index in [2.05, 4.69) is 15.1 Å². The molecule has 0 spiro atoms. The van der Waals surface area contributed by atoms with Gasteiger partial charge in [0.1, 0.15) is 5.82 Å². The van der Waals surface area contributed by atoms with Crippen LogP contribution in [0.25, 0.3) is 11.4 Å². The van der Waals surface area contributed by atoms with Gasteiger partial charge in [-0.1, -0.05) is 5.16 Å². The first-order valence-corrected chi connectivity index (χ1v) is 8.92. The van der Waals surface area contributed by atoms with Gasteiger partial charge >= 0.3 is 0 Å². The smallest absolute Gasteiger partial charge is 0.227 e. The van der Waals surface area contributed by atoms with Gasteiger partial charge in [0.15, 0.2) is 9.84 Å². The van der Waals surface area contributed by atoms with Crippen molar-refractivity contribution >= 4 is 15.7 Å². The summed E-state index contributed by atoms with van der Waals surface area (Å²) < 4.78 is 28.2. The molecule has 2 aromatic heterocycles. The van der Waals surface area contributed by atoms with Crippen molar-refractivity contribution in [3.05, 3.63) is 24.2 Å². The number of anilines is 1. The van der Waals surface area contributed by atoms with Crippen molar-refractivity contribution in [1.29, 1.82) is 0 Å². The van der Waals surface area contributed by atoms with Gasteiger partial charge in [-0.3, -0.25) is 0 Å². The SMILES string of the molecule is CN(C)c1ccc(-c2noc(C[C@H]3CCS(=O)(=O)C3)n2)cn1. The minimum Gasteiger partial charge on any atom is -0.363 e. The normalized spacial score (nSPS) is 20.2. The lowest BCUT2D eigenvalue weighted by Gasteiger charge is -2.10. The molecule has 0 unspecified atom stereocenters. The molecule has 0 aromatic carbocycles. The number of sulfone groups is 1. The van der Waals surface area contributed by atoms with Crippen LogP contribution < -0.4 is 4.90 Å². The molecule has 1 aliphatic heterocycles. The molecule has 0 bridgehead atoms. The van der Waals surface area contributed by atoms with Crippen LogP contribution in [0.5, 0.6) is 0 Å². The second-order valence-electron chi connectivity index (χ2n) is 5.78. The van der Waals surface area contributed by atoms with Crippen molar-refractivity contribution in [2.75, 3.05) is 30.5 Å². The van der Waals surface area contributed by atoms with Crippen molar-refractivity contribution in [3.8, 4) is 11.4 Å². The van der Waals surface area contributed by atoms with E-state index >= 15 is 0 Å². The van der Waals surface area contributed by atoms with E-state index in [1.807, 2.05) is 31.1 Å². The van der Waals surface area contributed by atoms with E-state index in [1.54, 1.807) is 6.20 Å². The van der Waals surface area contributed by atoms with Gasteiger partial charge in [0, 0.05) is 32.3 Å². The molecule has 0 radical (unpaired) electrons. The fourth-order valence-corrected chi connectivity index (χ4v) is 4.38. The van der Waals surface area contributed by atoms with Crippen molar-refractivity contribution in [3.63, 3.8) is 0 Å². The first kappa shape index (κ1) is 15.0. The Labute approximate surface area is 129 Å². The van der Waals surface area contributed by atoms with Gasteiger partial charge < -0.3 is 9.42 Å². The van der Waals surface area contributed by atoms with Crippen molar-refractivity contribution in [2.45, 2.75) is 12.8 Å². The molecule has 118 valence electrons. The molecule has 0 amide bonds. The van der Waals surface area contributed by atoms with Crippen LogP contribution in [-0.2, 0) is 16.3 Å². The molecule has 7 nitrogen and oxygen atoms in total. The molecule has 22 heavy (non-hydrogen) atoms. The molecule has 1 aliphatic rings. The van der Waals surface area contributed by atoms with Crippen molar-refractivity contribution < 1.29 is 12.9 Å². The molecule has 0 aliphatic carbocycles. The Morgan fingerprint density at radius 2 is 2.18 bits per heavy atom. The van der Waals surface area contributed by atoms with Gasteiger partial charge in [0.05, 0.1) is 11.5 Å². The number of pyridine rings is 1. The third-order valence-corrected chi connectivity index (χ3v) is 5.56. The minimum absolute atomic E-state index is 0.0764. The fourth-order valence-electron chi connectivity index (χ4n) is 2.52. The summed E-state index contributed by atoms with van der Waals surface area (Å²) in [7, 11) is 0.963. The van der Waals surface area contributed by atoms with E-state index < -0.39 is 9.84 Å². The topological polar surface area (TPSA) is 89.2 Å². The highest BCUT2D eigenvalue weighted by Crippen LogP contribution is 2.23. The van der Waals surface area contributed by atoms with Gasteiger partial charge in [-0.15, -0.1) is 0 Å². The molecular weight excluding hydrogens is 304 g/mol. The Hall–Kier alpha value is -1.96. The molecule has 3 heterocycles.